The van der Waals surface area contributed by atoms with Gasteiger partial charge in [0.1, 0.15) is 5.65 Å². The Labute approximate surface area is 80.6 Å². The molecule has 3 aromatic heterocycles. The van der Waals surface area contributed by atoms with Crippen LogP contribution >= 0.6 is 0 Å². The lowest BCUT2D eigenvalue weighted by atomic mass is 10.3. The molecule has 0 spiro atoms. The first-order valence-corrected chi connectivity index (χ1v) is 4.55. The largest absolute Gasteiger partial charge is 0.346 e. The Morgan fingerprint density at radius 2 is 2.21 bits per heavy atom. The van der Waals surface area contributed by atoms with Gasteiger partial charge in [-0.05, 0) is 19.9 Å². The lowest BCUT2D eigenvalue weighted by Crippen LogP contribution is -1.91. The highest BCUT2D eigenvalue weighted by molar-refractivity contribution is 5.77. The molecule has 70 valence electrons. The highest BCUT2D eigenvalue weighted by Gasteiger charge is 2.08. The molecule has 0 aliphatic carbocycles. The van der Waals surface area contributed by atoms with Crippen LogP contribution in [0, 0.1) is 13.8 Å². The average Bonchev–Trinajstić information content (AvgIpc) is 2.73. The van der Waals surface area contributed by atoms with Crippen LogP contribution in [0.1, 0.15) is 11.3 Å². The molecule has 0 atom stereocenters. The number of H-pyrrole nitrogens is 1. The Morgan fingerprint density at radius 1 is 1.36 bits per heavy atom. The number of nitrogens with one attached hydrogen (secondary N) is 1. The van der Waals surface area contributed by atoms with Crippen molar-refractivity contribution in [3.8, 4) is 0 Å². The number of rotatable bonds is 0. The number of aromatic nitrogens is 4. The lowest BCUT2D eigenvalue weighted by Gasteiger charge is -1.94. The molecule has 0 unspecified atom stereocenters. The van der Waals surface area contributed by atoms with Crippen molar-refractivity contribution >= 4 is 16.7 Å². The van der Waals surface area contributed by atoms with Crippen LogP contribution in [-0.4, -0.2) is 19.6 Å². The van der Waals surface area contributed by atoms with Crippen LogP contribution in [0.3, 0.4) is 0 Å². The van der Waals surface area contributed by atoms with Crippen molar-refractivity contribution in [2.24, 2.45) is 0 Å². The summed E-state index contributed by atoms with van der Waals surface area (Å²) < 4.78 is 1.86. The van der Waals surface area contributed by atoms with E-state index in [4.69, 9.17) is 0 Å². The summed E-state index contributed by atoms with van der Waals surface area (Å²) in [6.07, 6.45) is 3.77. The number of hydrogen-bond acceptors (Lipinski definition) is 2. The Kier molecular flexibility index (Phi) is 1.27. The fourth-order valence-electron chi connectivity index (χ4n) is 1.69. The average molecular weight is 186 g/mol. The number of fused-ring (bicyclic) bond motifs is 3. The first-order chi connectivity index (χ1) is 6.77. The monoisotopic (exact) mass is 186 g/mol. The van der Waals surface area contributed by atoms with Gasteiger partial charge in [0.25, 0.3) is 0 Å². The molecule has 1 N–H and O–H groups in total. The van der Waals surface area contributed by atoms with Gasteiger partial charge >= 0.3 is 0 Å². The summed E-state index contributed by atoms with van der Waals surface area (Å²) in [4.78, 5) is 7.55. The van der Waals surface area contributed by atoms with Crippen molar-refractivity contribution in [3.63, 3.8) is 0 Å². The van der Waals surface area contributed by atoms with Gasteiger partial charge in [-0.2, -0.15) is 9.61 Å². The minimum atomic E-state index is 0.928. The molecule has 4 nitrogen and oxygen atoms in total. The van der Waals surface area contributed by atoms with Crippen molar-refractivity contribution in [2.75, 3.05) is 0 Å². The predicted octanol–water partition coefficient (Wildman–Crippen LogP) is 1.83. The SMILES string of the molecule is Cc1nn2c(ncc3cc[nH]c32)c1C. The molecule has 0 bridgehead atoms. The highest BCUT2D eigenvalue weighted by atomic mass is 15.3. The third kappa shape index (κ3) is 0.775. The standard InChI is InChI=1S/C10H10N4/c1-6-7(2)13-14-9(6)12-5-8-3-4-11-10(8)14/h3-5,11H,1-2H3. The Bertz CT molecular complexity index is 617. The fourth-order valence-corrected chi connectivity index (χ4v) is 1.69. The first-order valence-electron chi connectivity index (χ1n) is 4.55. The lowest BCUT2D eigenvalue weighted by molar-refractivity contribution is 0.943. The summed E-state index contributed by atoms with van der Waals surface area (Å²) in [5, 5.41) is 5.52. The summed E-state index contributed by atoms with van der Waals surface area (Å²) >= 11 is 0. The molecular formula is C10H10N4. The molecule has 0 saturated carbocycles. The van der Waals surface area contributed by atoms with E-state index < -0.39 is 0 Å². The maximum Gasteiger partial charge on any atom is 0.160 e. The van der Waals surface area contributed by atoms with Gasteiger partial charge < -0.3 is 4.98 Å². The number of nitrogens with zero attached hydrogens (tertiary/aromatic N) is 3. The number of aromatic amines is 1. The molecule has 4 heteroatoms. The third-order valence-corrected chi connectivity index (χ3v) is 2.62. The van der Waals surface area contributed by atoms with Crippen molar-refractivity contribution in [1.29, 1.82) is 0 Å². The summed E-state index contributed by atoms with van der Waals surface area (Å²) in [5.74, 6) is 0. The van der Waals surface area contributed by atoms with Gasteiger partial charge in [-0.15, -0.1) is 0 Å². The van der Waals surface area contributed by atoms with Crippen molar-refractivity contribution in [2.45, 2.75) is 13.8 Å². The molecule has 14 heavy (non-hydrogen) atoms. The van der Waals surface area contributed by atoms with E-state index in [0.29, 0.717) is 0 Å². The summed E-state index contributed by atoms with van der Waals surface area (Å²) in [7, 11) is 0. The molecule has 0 aliphatic rings. The highest BCUT2D eigenvalue weighted by Crippen LogP contribution is 2.17. The maximum absolute atomic E-state index is 4.44. The molecule has 0 fully saturated rings. The fraction of sp³-hybridized carbons (Fsp3) is 0.200. The van der Waals surface area contributed by atoms with Crippen molar-refractivity contribution in [1.82, 2.24) is 19.6 Å². The summed E-state index contributed by atoms with van der Waals surface area (Å²) in [5.41, 5.74) is 4.10. The van der Waals surface area contributed by atoms with E-state index in [1.807, 2.05) is 36.8 Å². The first kappa shape index (κ1) is 7.55. The van der Waals surface area contributed by atoms with E-state index in [0.717, 1.165) is 27.9 Å². The normalized spacial score (nSPS) is 11.6. The van der Waals surface area contributed by atoms with Gasteiger partial charge in [0.15, 0.2) is 5.65 Å². The van der Waals surface area contributed by atoms with Gasteiger partial charge in [-0.25, -0.2) is 4.98 Å². The summed E-state index contributed by atoms with van der Waals surface area (Å²) in [6, 6.07) is 1.99. The molecular weight excluding hydrogens is 176 g/mol. The second-order valence-electron chi connectivity index (χ2n) is 3.49. The molecule has 0 amide bonds. The molecule has 3 rings (SSSR count). The van der Waals surface area contributed by atoms with E-state index in [1.54, 1.807) is 0 Å². The Balaban J connectivity index is 2.63. The third-order valence-electron chi connectivity index (χ3n) is 2.62. The van der Waals surface area contributed by atoms with E-state index in [2.05, 4.69) is 15.1 Å². The van der Waals surface area contributed by atoms with Crippen LogP contribution < -0.4 is 0 Å². The zero-order valence-electron chi connectivity index (χ0n) is 8.07. The van der Waals surface area contributed by atoms with Crippen LogP contribution in [0.4, 0.5) is 0 Å². The van der Waals surface area contributed by atoms with Crippen molar-refractivity contribution in [3.05, 3.63) is 29.7 Å². The second kappa shape index (κ2) is 2.35. The quantitative estimate of drug-likeness (QED) is 0.582. The second-order valence-corrected chi connectivity index (χ2v) is 3.49. The molecule has 0 radical (unpaired) electrons. The van der Waals surface area contributed by atoms with E-state index in [-0.39, 0.29) is 0 Å². The van der Waals surface area contributed by atoms with Crippen LogP contribution in [0.5, 0.6) is 0 Å². The van der Waals surface area contributed by atoms with Crippen LogP contribution in [-0.2, 0) is 0 Å². The summed E-state index contributed by atoms with van der Waals surface area (Å²) in [6.45, 7) is 4.04. The van der Waals surface area contributed by atoms with Gasteiger partial charge in [0.05, 0.1) is 5.69 Å². The van der Waals surface area contributed by atoms with Gasteiger partial charge in [0, 0.05) is 23.3 Å². The van der Waals surface area contributed by atoms with E-state index >= 15 is 0 Å². The number of aryl methyl sites for hydroxylation is 2. The molecule has 3 aromatic rings. The topological polar surface area (TPSA) is 46.0 Å². The van der Waals surface area contributed by atoms with Crippen LogP contribution in [0.15, 0.2) is 18.5 Å². The molecule has 0 aliphatic heterocycles. The smallest absolute Gasteiger partial charge is 0.160 e. The zero-order chi connectivity index (χ0) is 9.71. The van der Waals surface area contributed by atoms with Crippen LogP contribution in [0.2, 0.25) is 0 Å². The van der Waals surface area contributed by atoms with E-state index in [9.17, 15) is 0 Å². The van der Waals surface area contributed by atoms with Crippen molar-refractivity contribution < 1.29 is 0 Å². The van der Waals surface area contributed by atoms with E-state index in [1.165, 1.54) is 0 Å². The zero-order valence-corrected chi connectivity index (χ0v) is 8.07. The van der Waals surface area contributed by atoms with Gasteiger partial charge in [0.2, 0.25) is 0 Å². The number of hydrogen-bond donors (Lipinski definition) is 1. The minimum absolute atomic E-state index is 0.928. The molecule has 3 heterocycles. The molecule has 0 saturated heterocycles. The van der Waals surface area contributed by atoms with Gasteiger partial charge in [-0.3, -0.25) is 0 Å². The predicted molar refractivity (Wildman–Crippen MR) is 54.3 cm³/mol. The molecule has 0 aromatic carbocycles. The van der Waals surface area contributed by atoms with Crippen LogP contribution in [0.25, 0.3) is 16.7 Å². The minimum Gasteiger partial charge on any atom is -0.346 e. The Hall–Kier alpha value is -1.84. The maximum atomic E-state index is 4.44. The Morgan fingerprint density at radius 3 is 3.07 bits per heavy atom. The van der Waals surface area contributed by atoms with Gasteiger partial charge in [-0.1, -0.05) is 0 Å².